The van der Waals surface area contributed by atoms with Crippen molar-refractivity contribution in [3.05, 3.63) is 23.9 Å². The number of ether oxygens (including phenoxy) is 2. The molecule has 1 aliphatic rings. The third-order valence-corrected chi connectivity index (χ3v) is 2.77. The maximum absolute atomic E-state index is 11.3. The quantitative estimate of drug-likeness (QED) is 0.739. The van der Waals surface area contributed by atoms with Crippen molar-refractivity contribution in [2.45, 2.75) is 18.9 Å². The van der Waals surface area contributed by atoms with E-state index in [2.05, 4.69) is 15.8 Å². The lowest BCUT2D eigenvalue weighted by atomic mass is 9.83. The van der Waals surface area contributed by atoms with Gasteiger partial charge in [-0.2, -0.15) is 5.26 Å². The lowest BCUT2D eigenvalue weighted by Crippen LogP contribution is -2.35. The summed E-state index contributed by atoms with van der Waals surface area (Å²) in [7, 11) is 1.30. The number of hydrogen-bond donors (Lipinski definition) is 0. The van der Waals surface area contributed by atoms with Crippen LogP contribution in [0.2, 0.25) is 0 Å². The van der Waals surface area contributed by atoms with Crippen LogP contribution in [0.3, 0.4) is 0 Å². The van der Waals surface area contributed by atoms with E-state index in [4.69, 9.17) is 10.00 Å². The zero-order valence-electron chi connectivity index (χ0n) is 9.42. The average molecular weight is 232 g/mol. The molecule has 1 aromatic heterocycles. The second kappa shape index (κ2) is 4.83. The molecule has 2 rings (SSSR count). The first kappa shape index (κ1) is 11.4. The molecule has 1 saturated carbocycles. The molecule has 1 aromatic rings. The fraction of sp³-hybridized carbons (Fsp3) is 0.417. The van der Waals surface area contributed by atoms with E-state index < -0.39 is 5.97 Å². The highest BCUT2D eigenvalue weighted by molar-refractivity contribution is 5.87. The predicted molar refractivity (Wildman–Crippen MR) is 58.3 cm³/mol. The zero-order valence-corrected chi connectivity index (χ0v) is 9.42. The topological polar surface area (TPSA) is 72.2 Å². The van der Waals surface area contributed by atoms with E-state index in [9.17, 15) is 4.79 Å². The Balaban J connectivity index is 2.07. The van der Waals surface area contributed by atoms with Crippen LogP contribution in [0.25, 0.3) is 0 Å². The van der Waals surface area contributed by atoms with E-state index in [1.54, 1.807) is 18.2 Å². The smallest absolute Gasteiger partial charge is 0.356 e. The summed E-state index contributed by atoms with van der Waals surface area (Å²) in [6.45, 7) is 0. The van der Waals surface area contributed by atoms with Gasteiger partial charge in [0.25, 0.3) is 0 Å². The number of esters is 1. The molecule has 0 amide bonds. The van der Waals surface area contributed by atoms with E-state index in [-0.39, 0.29) is 17.7 Å². The maximum atomic E-state index is 11.3. The Kier molecular flexibility index (Phi) is 3.24. The molecule has 0 aliphatic heterocycles. The molecule has 1 fully saturated rings. The molecule has 88 valence electrons. The number of nitriles is 1. The lowest BCUT2D eigenvalue weighted by Gasteiger charge is -2.31. The van der Waals surface area contributed by atoms with Crippen LogP contribution in [-0.4, -0.2) is 24.2 Å². The molecule has 0 bridgehead atoms. The van der Waals surface area contributed by atoms with Crippen LogP contribution in [0.5, 0.6) is 5.88 Å². The Morgan fingerprint density at radius 3 is 2.94 bits per heavy atom. The number of methoxy groups -OCH3 is 1. The van der Waals surface area contributed by atoms with E-state index in [1.807, 2.05) is 0 Å². The molecule has 17 heavy (non-hydrogen) atoms. The molecule has 0 N–H and O–H groups in total. The highest BCUT2D eigenvalue weighted by atomic mass is 16.5. The van der Waals surface area contributed by atoms with Crippen molar-refractivity contribution in [3.8, 4) is 11.9 Å². The summed E-state index contributed by atoms with van der Waals surface area (Å²) >= 11 is 0. The molecule has 1 heterocycles. The number of hydrogen-bond acceptors (Lipinski definition) is 5. The SMILES string of the molecule is COC(=O)c1cccc(OC2CCC2C#N)n1. The molecular formula is C12H12N2O3. The van der Waals surface area contributed by atoms with E-state index in [0.29, 0.717) is 5.88 Å². The van der Waals surface area contributed by atoms with Crippen molar-refractivity contribution in [2.75, 3.05) is 7.11 Å². The van der Waals surface area contributed by atoms with Gasteiger partial charge in [0.15, 0.2) is 5.69 Å². The van der Waals surface area contributed by atoms with Gasteiger partial charge in [-0.3, -0.25) is 0 Å². The number of carbonyl (C=O) groups excluding carboxylic acids is 1. The lowest BCUT2D eigenvalue weighted by molar-refractivity contribution is 0.0579. The van der Waals surface area contributed by atoms with Crippen LogP contribution in [0.15, 0.2) is 18.2 Å². The highest BCUT2D eigenvalue weighted by Crippen LogP contribution is 2.30. The highest BCUT2D eigenvalue weighted by Gasteiger charge is 2.33. The van der Waals surface area contributed by atoms with Crippen LogP contribution in [0.4, 0.5) is 0 Å². The number of aromatic nitrogens is 1. The van der Waals surface area contributed by atoms with Gasteiger partial charge in [-0.1, -0.05) is 6.07 Å². The van der Waals surface area contributed by atoms with Gasteiger partial charge < -0.3 is 9.47 Å². The van der Waals surface area contributed by atoms with Gasteiger partial charge in [-0.15, -0.1) is 0 Å². The second-order valence-corrected chi connectivity index (χ2v) is 3.82. The van der Waals surface area contributed by atoms with Crippen LogP contribution in [0, 0.1) is 17.2 Å². The van der Waals surface area contributed by atoms with E-state index in [0.717, 1.165) is 12.8 Å². The van der Waals surface area contributed by atoms with Crippen molar-refractivity contribution in [3.63, 3.8) is 0 Å². The van der Waals surface area contributed by atoms with Gasteiger partial charge in [0.1, 0.15) is 6.10 Å². The van der Waals surface area contributed by atoms with Gasteiger partial charge >= 0.3 is 5.97 Å². The number of carbonyl (C=O) groups is 1. The summed E-state index contributed by atoms with van der Waals surface area (Å²) in [6, 6.07) is 7.07. The number of nitrogens with zero attached hydrogens (tertiary/aromatic N) is 2. The summed E-state index contributed by atoms with van der Waals surface area (Å²) in [5.41, 5.74) is 0.206. The van der Waals surface area contributed by atoms with Gasteiger partial charge in [-0.05, 0) is 18.9 Å². The molecule has 5 heteroatoms. The summed E-state index contributed by atoms with van der Waals surface area (Å²) in [5, 5.41) is 8.79. The molecule has 1 aliphatic carbocycles. The number of rotatable bonds is 3. The van der Waals surface area contributed by atoms with Gasteiger partial charge in [0.2, 0.25) is 5.88 Å². The summed E-state index contributed by atoms with van der Waals surface area (Å²) in [6.07, 6.45) is 1.60. The predicted octanol–water partition coefficient (Wildman–Crippen LogP) is 1.55. The van der Waals surface area contributed by atoms with E-state index >= 15 is 0 Å². The molecule has 0 spiro atoms. The first-order chi connectivity index (χ1) is 8.24. The minimum absolute atomic E-state index is 0.0708. The van der Waals surface area contributed by atoms with Gasteiger partial charge in [-0.25, -0.2) is 9.78 Å². The fourth-order valence-corrected chi connectivity index (χ4v) is 1.61. The second-order valence-electron chi connectivity index (χ2n) is 3.82. The van der Waals surface area contributed by atoms with Crippen molar-refractivity contribution < 1.29 is 14.3 Å². The van der Waals surface area contributed by atoms with Crippen molar-refractivity contribution in [1.29, 1.82) is 5.26 Å². The largest absolute Gasteiger partial charge is 0.473 e. The molecule has 0 saturated heterocycles. The third kappa shape index (κ3) is 2.36. The Labute approximate surface area is 99.0 Å². The number of pyridine rings is 1. The first-order valence-corrected chi connectivity index (χ1v) is 5.36. The summed E-state index contributed by atoms with van der Waals surface area (Å²) in [5.74, 6) is -0.211. The Hall–Kier alpha value is -2.09. The van der Waals surface area contributed by atoms with Crippen LogP contribution in [-0.2, 0) is 4.74 Å². The normalized spacial score (nSPS) is 22.1. The summed E-state index contributed by atoms with van der Waals surface area (Å²) in [4.78, 5) is 15.3. The molecule has 5 nitrogen and oxygen atoms in total. The Morgan fingerprint density at radius 2 is 2.35 bits per heavy atom. The Bertz CT molecular complexity index is 467. The van der Waals surface area contributed by atoms with Crippen molar-refractivity contribution in [1.82, 2.24) is 4.98 Å². The van der Waals surface area contributed by atoms with Crippen LogP contribution in [0.1, 0.15) is 23.3 Å². The molecule has 2 unspecified atom stereocenters. The van der Waals surface area contributed by atoms with E-state index in [1.165, 1.54) is 7.11 Å². The molecule has 2 atom stereocenters. The first-order valence-electron chi connectivity index (χ1n) is 5.36. The minimum atomic E-state index is -0.499. The third-order valence-electron chi connectivity index (χ3n) is 2.77. The zero-order chi connectivity index (χ0) is 12.3. The summed E-state index contributed by atoms with van der Waals surface area (Å²) < 4.78 is 10.1. The van der Waals surface area contributed by atoms with Gasteiger partial charge in [0, 0.05) is 6.07 Å². The van der Waals surface area contributed by atoms with Crippen molar-refractivity contribution >= 4 is 5.97 Å². The maximum Gasteiger partial charge on any atom is 0.356 e. The fourth-order valence-electron chi connectivity index (χ4n) is 1.61. The minimum Gasteiger partial charge on any atom is -0.473 e. The van der Waals surface area contributed by atoms with Crippen LogP contribution < -0.4 is 4.74 Å². The van der Waals surface area contributed by atoms with Gasteiger partial charge in [0.05, 0.1) is 19.1 Å². The standard InChI is InChI=1S/C12H12N2O3/c1-16-12(15)9-3-2-4-11(14-9)17-10-6-5-8(10)7-13/h2-4,8,10H,5-6H2,1H3. The molecular weight excluding hydrogens is 220 g/mol. The van der Waals surface area contributed by atoms with Crippen molar-refractivity contribution in [2.24, 2.45) is 5.92 Å². The molecule has 0 radical (unpaired) electrons. The molecule has 0 aromatic carbocycles. The Morgan fingerprint density at radius 1 is 1.53 bits per heavy atom. The average Bonchev–Trinajstić information content (AvgIpc) is 2.34. The monoisotopic (exact) mass is 232 g/mol. The van der Waals surface area contributed by atoms with Crippen LogP contribution >= 0.6 is 0 Å².